The molecule has 2 heterocycles. The number of rotatable bonds is 8. The molecule has 0 bridgehead atoms. The normalized spacial score (nSPS) is 24.8. The van der Waals surface area contributed by atoms with Crippen molar-refractivity contribution >= 4 is 23.6 Å². The summed E-state index contributed by atoms with van der Waals surface area (Å²) in [6, 6.07) is 14.5. The number of ether oxygens (including phenoxy) is 2. The van der Waals surface area contributed by atoms with Crippen molar-refractivity contribution in [2.45, 2.75) is 25.6 Å². The Morgan fingerprint density at radius 3 is 2.54 bits per heavy atom. The number of carbonyl (C=O) groups is 3. The topological polar surface area (TPSA) is 88.2 Å². The second-order valence-electron chi connectivity index (χ2n) is 9.39. The van der Waals surface area contributed by atoms with Crippen LogP contribution in [-0.2, 0) is 25.7 Å². The number of amides is 3. The predicted octanol–water partition coefficient (Wildman–Crippen LogP) is 2.68. The lowest BCUT2D eigenvalue weighted by atomic mass is 10.0. The highest BCUT2D eigenvalue weighted by atomic mass is 19.1. The highest BCUT2D eigenvalue weighted by molar-refractivity contribution is 5.90. The molecule has 3 fully saturated rings. The average molecular weight is 482 g/mol. The number of carbonyl (C=O) groups excluding carboxylic acids is 3. The summed E-state index contributed by atoms with van der Waals surface area (Å²) in [5, 5.41) is 2.62. The van der Waals surface area contributed by atoms with Gasteiger partial charge in [0.25, 0.3) is 0 Å². The molecule has 0 radical (unpaired) electrons. The van der Waals surface area contributed by atoms with Crippen LogP contribution in [0, 0.1) is 17.7 Å². The molecule has 1 unspecified atom stereocenters. The Labute approximate surface area is 203 Å². The van der Waals surface area contributed by atoms with Crippen molar-refractivity contribution in [1.82, 2.24) is 10.2 Å². The predicted molar refractivity (Wildman–Crippen MR) is 125 cm³/mol. The Hall–Kier alpha value is -3.46. The van der Waals surface area contributed by atoms with Gasteiger partial charge in [-0.05, 0) is 41.0 Å². The van der Waals surface area contributed by atoms with Gasteiger partial charge in [0.05, 0.1) is 25.4 Å². The van der Waals surface area contributed by atoms with Crippen LogP contribution in [0.15, 0.2) is 48.5 Å². The minimum absolute atomic E-state index is 0.0379. The van der Waals surface area contributed by atoms with Crippen LogP contribution in [0.5, 0.6) is 0 Å². The molecule has 0 aromatic heterocycles. The summed E-state index contributed by atoms with van der Waals surface area (Å²) in [6.07, 6.45) is -1.03. The van der Waals surface area contributed by atoms with Crippen LogP contribution in [0.25, 0.3) is 0 Å². The van der Waals surface area contributed by atoms with Crippen molar-refractivity contribution in [1.29, 1.82) is 0 Å². The molecule has 2 aliphatic heterocycles. The molecule has 4 atom stereocenters. The summed E-state index contributed by atoms with van der Waals surface area (Å²) in [5.41, 5.74) is 2.08. The fourth-order valence-electron chi connectivity index (χ4n) is 5.16. The van der Waals surface area contributed by atoms with Gasteiger partial charge < -0.3 is 19.7 Å². The Balaban J connectivity index is 1.12. The standard InChI is InChI=1S/C26H28FN3O5/c1-16(31)28-10-19-11-30(26(33)35-19)18-7-8-20(23(27)9-18)25-21-12-29(13-22(21)25)24(32)15-34-14-17-5-3-2-4-6-17/h2-9,19,21-22,25H,10-15H2,1H3,(H,28,31)/t19-,21-,22+,25?/m0/s1. The summed E-state index contributed by atoms with van der Waals surface area (Å²) in [7, 11) is 0. The molecule has 2 saturated heterocycles. The van der Waals surface area contributed by atoms with Crippen LogP contribution in [-0.4, -0.2) is 61.7 Å². The molecule has 9 heteroatoms. The number of cyclic esters (lactones) is 1. The van der Waals surface area contributed by atoms with E-state index in [-0.39, 0.29) is 55.1 Å². The van der Waals surface area contributed by atoms with Gasteiger partial charge >= 0.3 is 6.09 Å². The van der Waals surface area contributed by atoms with E-state index in [9.17, 15) is 14.4 Å². The number of halogens is 1. The number of piperidine rings is 1. The lowest BCUT2D eigenvalue weighted by Crippen LogP contribution is -2.34. The van der Waals surface area contributed by atoms with Gasteiger partial charge in [0.2, 0.25) is 11.8 Å². The molecule has 2 aromatic carbocycles. The highest BCUT2D eigenvalue weighted by Crippen LogP contribution is 2.58. The summed E-state index contributed by atoms with van der Waals surface area (Å²) < 4.78 is 25.9. The number of hydrogen-bond acceptors (Lipinski definition) is 5. The van der Waals surface area contributed by atoms with Gasteiger partial charge in [-0.15, -0.1) is 0 Å². The van der Waals surface area contributed by atoms with Crippen molar-refractivity contribution in [3.8, 4) is 0 Å². The number of nitrogens with one attached hydrogen (secondary N) is 1. The molecule has 35 heavy (non-hydrogen) atoms. The van der Waals surface area contributed by atoms with E-state index in [2.05, 4.69) is 5.32 Å². The van der Waals surface area contributed by atoms with Crippen LogP contribution in [0.1, 0.15) is 24.0 Å². The van der Waals surface area contributed by atoms with Crippen molar-refractivity contribution in [3.63, 3.8) is 0 Å². The Morgan fingerprint density at radius 2 is 1.86 bits per heavy atom. The first-order valence-electron chi connectivity index (χ1n) is 11.8. The minimum atomic E-state index is -0.556. The minimum Gasteiger partial charge on any atom is -0.442 e. The van der Waals surface area contributed by atoms with Crippen molar-refractivity contribution in [2.24, 2.45) is 11.8 Å². The van der Waals surface area contributed by atoms with Crippen LogP contribution in [0.3, 0.4) is 0 Å². The van der Waals surface area contributed by atoms with E-state index >= 15 is 4.39 Å². The fraction of sp³-hybridized carbons (Fsp3) is 0.423. The number of benzene rings is 2. The largest absolute Gasteiger partial charge is 0.442 e. The quantitative estimate of drug-likeness (QED) is 0.627. The average Bonchev–Trinajstić information content (AvgIpc) is 3.15. The third kappa shape index (κ3) is 5.00. The first kappa shape index (κ1) is 23.3. The van der Waals surface area contributed by atoms with Crippen LogP contribution >= 0.6 is 0 Å². The molecule has 8 nitrogen and oxygen atoms in total. The molecule has 184 valence electrons. The Morgan fingerprint density at radius 1 is 1.11 bits per heavy atom. The van der Waals surface area contributed by atoms with Gasteiger partial charge in [-0.25, -0.2) is 9.18 Å². The molecule has 1 N–H and O–H groups in total. The zero-order chi connectivity index (χ0) is 24.5. The molecule has 3 aliphatic rings. The van der Waals surface area contributed by atoms with Gasteiger partial charge in [0, 0.05) is 20.0 Å². The van der Waals surface area contributed by atoms with Crippen molar-refractivity contribution in [3.05, 3.63) is 65.5 Å². The lowest BCUT2D eigenvalue weighted by Gasteiger charge is -2.20. The highest BCUT2D eigenvalue weighted by Gasteiger charge is 2.57. The fourth-order valence-corrected chi connectivity index (χ4v) is 5.16. The molecule has 1 aliphatic carbocycles. The first-order valence-corrected chi connectivity index (χ1v) is 11.8. The molecule has 3 amide bonds. The Bertz CT molecular complexity index is 1120. The lowest BCUT2D eigenvalue weighted by molar-refractivity contribution is -0.136. The van der Waals surface area contributed by atoms with E-state index in [0.29, 0.717) is 30.9 Å². The van der Waals surface area contributed by atoms with Crippen molar-refractivity contribution in [2.75, 3.05) is 37.7 Å². The third-order valence-electron chi connectivity index (χ3n) is 6.99. The van der Waals surface area contributed by atoms with Crippen LogP contribution in [0.4, 0.5) is 14.9 Å². The SMILES string of the molecule is CC(=O)NC[C@H]1CN(c2ccc(C3[C@H]4CN(C(=O)COCc5ccccc5)C[C@@H]34)c(F)c2)C(=O)O1. The van der Waals surface area contributed by atoms with Gasteiger partial charge in [-0.1, -0.05) is 36.4 Å². The van der Waals surface area contributed by atoms with Gasteiger partial charge in [0.15, 0.2) is 0 Å². The van der Waals surface area contributed by atoms with E-state index in [1.165, 1.54) is 17.9 Å². The number of anilines is 1. The van der Waals surface area contributed by atoms with Crippen molar-refractivity contribution < 1.29 is 28.2 Å². The maximum atomic E-state index is 15.0. The van der Waals surface area contributed by atoms with Crippen LogP contribution < -0.4 is 10.2 Å². The van der Waals surface area contributed by atoms with Gasteiger partial charge in [-0.2, -0.15) is 0 Å². The molecule has 1 saturated carbocycles. The third-order valence-corrected chi connectivity index (χ3v) is 6.99. The molecular weight excluding hydrogens is 453 g/mol. The zero-order valence-electron chi connectivity index (χ0n) is 19.5. The van der Waals surface area contributed by atoms with E-state index < -0.39 is 12.2 Å². The van der Waals surface area contributed by atoms with Gasteiger partial charge in [0.1, 0.15) is 18.5 Å². The summed E-state index contributed by atoms with van der Waals surface area (Å²) in [4.78, 5) is 39.0. The van der Waals surface area contributed by atoms with E-state index in [0.717, 1.165) is 5.56 Å². The van der Waals surface area contributed by atoms with Gasteiger partial charge in [-0.3, -0.25) is 14.5 Å². The molecule has 5 rings (SSSR count). The second-order valence-corrected chi connectivity index (χ2v) is 9.39. The maximum Gasteiger partial charge on any atom is 0.414 e. The monoisotopic (exact) mass is 481 g/mol. The molecular formula is C26H28FN3O5. The van der Waals surface area contributed by atoms with E-state index in [1.54, 1.807) is 17.0 Å². The molecule has 2 aromatic rings. The number of likely N-dealkylation sites (tertiary alicyclic amines) is 1. The smallest absolute Gasteiger partial charge is 0.414 e. The summed E-state index contributed by atoms with van der Waals surface area (Å²) in [6.45, 7) is 3.50. The summed E-state index contributed by atoms with van der Waals surface area (Å²) in [5.74, 6) is -0.0335. The second kappa shape index (κ2) is 9.65. The van der Waals surface area contributed by atoms with E-state index in [1.807, 2.05) is 30.3 Å². The number of fused-ring (bicyclic) bond motifs is 1. The van der Waals surface area contributed by atoms with E-state index in [4.69, 9.17) is 9.47 Å². The number of hydrogen-bond donors (Lipinski definition) is 1. The van der Waals surface area contributed by atoms with Crippen LogP contribution in [0.2, 0.25) is 0 Å². The number of nitrogens with zero attached hydrogens (tertiary/aromatic N) is 2. The maximum absolute atomic E-state index is 15.0. The zero-order valence-corrected chi connectivity index (χ0v) is 19.5. The Kier molecular flexibility index (Phi) is 6.42. The molecule has 0 spiro atoms. The first-order chi connectivity index (χ1) is 16.9. The summed E-state index contributed by atoms with van der Waals surface area (Å²) >= 11 is 0.